The zero-order chi connectivity index (χ0) is 14.8. The van der Waals surface area contributed by atoms with Gasteiger partial charge < -0.3 is 10.6 Å². The van der Waals surface area contributed by atoms with E-state index in [1.807, 2.05) is 0 Å². The first kappa shape index (κ1) is 14.8. The molecule has 1 unspecified atom stereocenters. The molecule has 4 heteroatoms. The minimum atomic E-state index is 0.449. The molecule has 0 spiro atoms. The van der Waals surface area contributed by atoms with Gasteiger partial charge in [0.2, 0.25) is 0 Å². The number of fused-ring (bicyclic) bond motifs is 1. The number of nitrogens with zero attached hydrogens (tertiary/aromatic N) is 3. The molecule has 1 atom stereocenters. The summed E-state index contributed by atoms with van der Waals surface area (Å²) in [7, 11) is 0. The molecular formula is C17H28N4. The molecule has 1 aromatic rings. The number of nitrogens with two attached hydrogens (primary N) is 1. The van der Waals surface area contributed by atoms with Gasteiger partial charge in [0.05, 0.1) is 0 Å². The monoisotopic (exact) mass is 288 g/mol. The lowest BCUT2D eigenvalue weighted by Crippen LogP contribution is -2.37. The molecule has 0 aliphatic carbocycles. The molecule has 3 rings (SSSR count). The van der Waals surface area contributed by atoms with Crippen molar-refractivity contribution >= 4 is 5.82 Å². The van der Waals surface area contributed by atoms with Gasteiger partial charge in [0.1, 0.15) is 5.82 Å². The minimum absolute atomic E-state index is 0.449. The van der Waals surface area contributed by atoms with E-state index < -0.39 is 0 Å². The van der Waals surface area contributed by atoms with Crippen molar-refractivity contribution in [2.24, 2.45) is 5.73 Å². The summed E-state index contributed by atoms with van der Waals surface area (Å²) in [6.07, 6.45) is 3.93. The molecule has 2 fully saturated rings. The second-order valence-electron chi connectivity index (χ2n) is 6.75. The van der Waals surface area contributed by atoms with Gasteiger partial charge in [-0.2, -0.15) is 0 Å². The van der Waals surface area contributed by atoms with Gasteiger partial charge in [-0.1, -0.05) is 13.8 Å². The molecule has 2 aliphatic heterocycles. The Balaban J connectivity index is 1.86. The van der Waals surface area contributed by atoms with E-state index in [1.165, 1.54) is 43.6 Å². The average molecular weight is 288 g/mol. The van der Waals surface area contributed by atoms with Crippen LogP contribution in [0.5, 0.6) is 0 Å². The number of hydrogen-bond acceptors (Lipinski definition) is 4. The Morgan fingerprint density at radius 3 is 2.81 bits per heavy atom. The van der Waals surface area contributed by atoms with Crippen LogP contribution in [0.3, 0.4) is 0 Å². The quantitative estimate of drug-likeness (QED) is 0.927. The lowest BCUT2D eigenvalue weighted by Gasteiger charge is -2.27. The molecule has 2 aliphatic rings. The molecule has 0 saturated carbocycles. The molecule has 0 aromatic carbocycles. The van der Waals surface area contributed by atoms with E-state index in [4.69, 9.17) is 10.7 Å². The van der Waals surface area contributed by atoms with Crippen LogP contribution in [-0.2, 0) is 6.54 Å². The summed E-state index contributed by atoms with van der Waals surface area (Å²) in [6.45, 7) is 9.77. The molecule has 4 nitrogen and oxygen atoms in total. The van der Waals surface area contributed by atoms with Crippen LogP contribution in [-0.4, -0.2) is 42.1 Å². The van der Waals surface area contributed by atoms with E-state index in [2.05, 4.69) is 35.8 Å². The summed E-state index contributed by atoms with van der Waals surface area (Å²) in [5.41, 5.74) is 8.25. The normalized spacial score (nSPS) is 23.4. The first-order valence-electron chi connectivity index (χ1n) is 8.37. The SMILES string of the molecule is CC(C)c1cc(CN)cc(N2CCCN3CCCC3C2)n1. The lowest BCUT2D eigenvalue weighted by molar-refractivity contribution is 0.273. The van der Waals surface area contributed by atoms with Crippen molar-refractivity contribution < 1.29 is 0 Å². The Morgan fingerprint density at radius 2 is 2.05 bits per heavy atom. The van der Waals surface area contributed by atoms with Crippen LogP contribution in [0.2, 0.25) is 0 Å². The van der Waals surface area contributed by atoms with E-state index in [0.717, 1.165) is 24.9 Å². The summed E-state index contributed by atoms with van der Waals surface area (Å²) in [6, 6.07) is 5.07. The number of aromatic nitrogens is 1. The molecular weight excluding hydrogens is 260 g/mol. The Morgan fingerprint density at radius 1 is 1.24 bits per heavy atom. The van der Waals surface area contributed by atoms with Gasteiger partial charge in [-0.3, -0.25) is 4.90 Å². The molecule has 3 heterocycles. The fourth-order valence-corrected chi connectivity index (χ4v) is 3.58. The van der Waals surface area contributed by atoms with Gasteiger partial charge in [-0.15, -0.1) is 0 Å². The highest BCUT2D eigenvalue weighted by Crippen LogP contribution is 2.26. The molecule has 0 bridgehead atoms. The van der Waals surface area contributed by atoms with Crippen molar-refractivity contribution in [3.05, 3.63) is 23.4 Å². The van der Waals surface area contributed by atoms with E-state index in [0.29, 0.717) is 12.5 Å². The van der Waals surface area contributed by atoms with Crippen LogP contribution >= 0.6 is 0 Å². The third-order valence-corrected chi connectivity index (χ3v) is 4.85. The second-order valence-corrected chi connectivity index (χ2v) is 6.75. The topological polar surface area (TPSA) is 45.4 Å². The molecule has 2 N–H and O–H groups in total. The van der Waals surface area contributed by atoms with E-state index in [9.17, 15) is 0 Å². The summed E-state index contributed by atoms with van der Waals surface area (Å²) >= 11 is 0. The predicted octanol–water partition coefficient (Wildman–Crippen LogP) is 2.34. The Labute approximate surface area is 128 Å². The van der Waals surface area contributed by atoms with Crippen LogP contribution in [0.4, 0.5) is 5.82 Å². The third kappa shape index (κ3) is 3.22. The van der Waals surface area contributed by atoms with Gasteiger partial charge in [-0.25, -0.2) is 4.98 Å². The van der Waals surface area contributed by atoms with Crippen molar-refractivity contribution in [2.45, 2.75) is 51.6 Å². The standard InChI is InChI=1S/C17H28N4/c1-13(2)16-9-14(11-18)10-17(19-16)21-8-4-7-20-6-3-5-15(20)12-21/h9-10,13,15H,3-8,11-12,18H2,1-2H3. The predicted molar refractivity (Wildman–Crippen MR) is 87.6 cm³/mol. The maximum Gasteiger partial charge on any atom is 0.129 e. The second kappa shape index (κ2) is 6.32. The van der Waals surface area contributed by atoms with Crippen molar-refractivity contribution in [3.63, 3.8) is 0 Å². The van der Waals surface area contributed by atoms with Gasteiger partial charge in [0.25, 0.3) is 0 Å². The number of anilines is 1. The third-order valence-electron chi connectivity index (χ3n) is 4.85. The van der Waals surface area contributed by atoms with Crippen LogP contribution < -0.4 is 10.6 Å². The molecule has 1 aromatic heterocycles. The molecule has 0 radical (unpaired) electrons. The van der Waals surface area contributed by atoms with Gasteiger partial charge >= 0.3 is 0 Å². The Bertz CT molecular complexity index is 486. The average Bonchev–Trinajstić information content (AvgIpc) is 2.83. The highest BCUT2D eigenvalue weighted by molar-refractivity contribution is 5.44. The van der Waals surface area contributed by atoms with Crippen LogP contribution in [0.15, 0.2) is 12.1 Å². The smallest absolute Gasteiger partial charge is 0.129 e. The van der Waals surface area contributed by atoms with E-state index >= 15 is 0 Å². The van der Waals surface area contributed by atoms with Crippen molar-refractivity contribution in [2.75, 3.05) is 31.1 Å². The number of rotatable bonds is 3. The Hall–Kier alpha value is -1.13. The van der Waals surface area contributed by atoms with Crippen LogP contribution in [0, 0.1) is 0 Å². The van der Waals surface area contributed by atoms with Crippen molar-refractivity contribution in [1.29, 1.82) is 0 Å². The highest BCUT2D eigenvalue weighted by Gasteiger charge is 2.29. The number of hydrogen-bond donors (Lipinski definition) is 1. The summed E-state index contributed by atoms with van der Waals surface area (Å²) in [5.74, 6) is 1.58. The lowest BCUT2D eigenvalue weighted by atomic mass is 10.1. The first-order chi connectivity index (χ1) is 10.2. The molecule has 2 saturated heterocycles. The summed E-state index contributed by atoms with van der Waals surface area (Å²) in [4.78, 5) is 10.1. The van der Waals surface area contributed by atoms with Gasteiger partial charge in [0, 0.05) is 37.9 Å². The maximum absolute atomic E-state index is 5.88. The van der Waals surface area contributed by atoms with Crippen LogP contribution in [0.1, 0.15) is 50.3 Å². The zero-order valence-electron chi connectivity index (χ0n) is 13.4. The molecule has 21 heavy (non-hydrogen) atoms. The van der Waals surface area contributed by atoms with Crippen LogP contribution in [0.25, 0.3) is 0 Å². The van der Waals surface area contributed by atoms with E-state index in [1.54, 1.807) is 0 Å². The first-order valence-corrected chi connectivity index (χ1v) is 8.37. The van der Waals surface area contributed by atoms with Crippen molar-refractivity contribution in [3.8, 4) is 0 Å². The fraction of sp³-hybridized carbons (Fsp3) is 0.706. The van der Waals surface area contributed by atoms with E-state index in [-0.39, 0.29) is 0 Å². The van der Waals surface area contributed by atoms with Crippen molar-refractivity contribution in [1.82, 2.24) is 9.88 Å². The molecule has 116 valence electrons. The zero-order valence-corrected chi connectivity index (χ0v) is 13.4. The summed E-state index contributed by atoms with van der Waals surface area (Å²) < 4.78 is 0. The minimum Gasteiger partial charge on any atom is -0.355 e. The highest BCUT2D eigenvalue weighted by atomic mass is 15.3. The largest absolute Gasteiger partial charge is 0.355 e. The number of pyridine rings is 1. The maximum atomic E-state index is 5.88. The summed E-state index contributed by atoms with van der Waals surface area (Å²) in [5, 5.41) is 0. The molecule has 0 amide bonds. The van der Waals surface area contributed by atoms with Gasteiger partial charge in [0.15, 0.2) is 0 Å². The van der Waals surface area contributed by atoms with Gasteiger partial charge in [-0.05, 0) is 49.4 Å². The Kier molecular flexibility index (Phi) is 4.45. The fourth-order valence-electron chi connectivity index (χ4n) is 3.58.